The molecule has 0 bridgehead atoms. The predicted octanol–water partition coefficient (Wildman–Crippen LogP) is 2.40. The van der Waals surface area contributed by atoms with Crippen molar-refractivity contribution in [2.75, 3.05) is 6.54 Å². The largest absolute Gasteiger partial charge is 0.300 e. The van der Waals surface area contributed by atoms with Gasteiger partial charge in [-0.15, -0.1) is 13.0 Å². The van der Waals surface area contributed by atoms with E-state index in [1.165, 1.54) is 5.56 Å². The van der Waals surface area contributed by atoms with Gasteiger partial charge in [-0.3, -0.25) is 5.32 Å². The van der Waals surface area contributed by atoms with Crippen LogP contribution in [0, 0.1) is 12.3 Å². The van der Waals surface area contributed by atoms with Gasteiger partial charge in [0.05, 0.1) is 6.54 Å². The lowest BCUT2D eigenvalue weighted by Crippen LogP contribution is -2.27. The molecule has 1 aromatic rings. The van der Waals surface area contributed by atoms with E-state index in [0.29, 0.717) is 12.6 Å². The first-order valence-electron chi connectivity index (χ1n) is 5.20. The Morgan fingerprint density at radius 1 is 1.40 bits per heavy atom. The monoisotopic (exact) mass is 199 g/mol. The van der Waals surface area contributed by atoms with Gasteiger partial charge in [0.2, 0.25) is 0 Å². The van der Waals surface area contributed by atoms with Crippen molar-refractivity contribution < 1.29 is 0 Å². The lowest BCUT2D eigenvalue weighted by molar-refractivity contribution is 0.594. The van der Waals surface area contributed by atoms with Gasteiger partial charge in [0.1, 0.15) is 0 Å². The van der Waals surface area contributed by atoms with Gasteiger partial charge in [0, 0.05) is 6.04 Å². The van der Waals surface area contributed by atoms with Crippen molar-refractivity contribution in [3.05, 3.63) is 48.6 Å². The van der Waals surface area contributed by atoms with Gasteiger partial charge in [-0.25, -0.2) is 0 Å². The van der Waals surface area contributed by atoms with Crippen LogP contribution in [0.1, 0.15) is 12.0 Å². The Labute approximate surface area is 92.2 Å². The number of benzene rings is 1. The minimum atomic E-state index is 0.307. The second-order valence-electron chi connectivity index (χ2n) is 3.45. The van der Waals surface area contributed by atoms with Crippen LogP contribution < -0.4 is 5.32 Å². The molecular formula is C14H17N. The molecule has 0 aliphatic heterocycles. The van der Waals surface area contributed by atoms with E-state index in [1.54, 1.807) is 0 Å². The number of terminal acetylenes is 1. The molecule has 0 spiro atoms. The fourth-order valence-corrected chi connectivity index (χ4v) is 1.46. The fourth-order valence-electron chi connectivity index (χ4n) is 1.46. The highest BCUT2D eigenvalue weighted by Gasteiger charge is 2.02. The van der Waals surface area contributed by atoms with Crippen molar-refractivity contribution in [1.29, 1.82) is 0 Å². The van der Waals surface area contributed by atoms with Crippen molar-refractivity contribution in [2.24, 2.45) is 0 Å². The SMILES string of the molecule is C#CCN[C@@H](C=C)CCc1ccccc1. The van der Waals surface area contributed by atoms with E-state index in [1.807, 2.05) is 12.1 Å². The van der Waals surface area contributed by atoms with E-state index >= 15 is 0 Å². The maximum atomic E-state index is 5.19. The maximum absolute atomic E-state index is 5.19. The molecule has 1 heteroatoms. The lowest BCUT2D eigenvalue weighted by atomic mass is 10.1. The summed E-state index contributed by atoms with van der Waals surface area (Å²) in [5, 5.41) is 3.24. The molecule has 0 saturated carbocycles. The Kier molecular flexibility index (Phi) is 5.29. The highest BCUT2D eigenvalue weighted by Crippen LogP contribution is 2.05. The third-order valence-corrected chi connectivity index (χ3v) is 2.34. The first kappa shape index (κ1) is 11.6. The second kappa shape index (κ2) is 6.86. The Bertz CT molecular complexity index is 321. The zero-order chi connectivity index (χ0) is 10.9. The normalized spacial score (nSPS) is 11.7. The number of rotatable bonds is 6. The summed E-state index contributed by atoms with van der Waals surface area (Å²) >= 11 is 0. The average molecular weight is 199 g/mol. The van der Waals surface area contributed by atoms with Crippen molar-refractivity contribution >= 4 is 0 Å². The average Bonchev–Trinajstić information content (AvgIpc) is 2.31. The minimum absolute atomic E-state index is 0.307. The third-order valence-electron chi connectivity index (χ3n) is 2.34. The van der Waals surface area contributed by atoms with Crippen molar-refractivity contribution in [1.82, 2.24) is 5.32 Å². The van der Waals surface area contributed by atoms with Crippen LogP contribution in [0.25, 0.3) is 0 Å². The first-order valence-corrected chi connectivity index (χ1v) is 5.20. The molecule has 1 atom stereocenters. The first-order chi connectivity index (χ1) is 7.36. The van der Waals surface area contributed by atoms with Crippen LogP contribution in [0.5, 0.6) is 0 Å². The molecule has 78 valence electrons. The molecule has 0 unspecified atom stereocenters. The van der Waals surface area contributed by atoms with Gasteiger partial charge in [0.25, 0.3) is 0 Å². The van der Waals surface area contributed by atoms with E-state index in [4.69, 9.17) is 6.42 Å². The quantitative estimate of drug-likeness (QED) is 0.548. The van der Waals surface area contributed by atoms with Crippen LogP contribution in [0.2, 0.25) is 0 Å². The minimum Gasteiger partial charge on any atom is -0.300 e. The highest BCUT2D eigenvalue weighted by molar-refractivity contribution is 5.15. The Hall–Kier alpha value is -1.52. The van der Waals surface area contributed by atoms with Crippen molar-refractivity contribution in [3.8, 4) is 12.3 Å². The molecule has 0 radical (unpaired) electrons. The molecule has 0 heterocycles. The zero-order valence-corrected chi connectivity index (χ0v) is 8.95. The molecule has 1 rings (SSSR count). The van der Waals surface area contributed by atoms with Gasteiger partial charge < -0.3 is 0 Å². The topological polar surface area (TPSA) is 12.0 Å². The summed E-state index contributed by atoms with van der Waals surface area (Å²) in [5.74, 6) is 2.57. The lowest BCUT2D eigenvalue weighted by Gasteiger charge is -2.12. The van der Waals surface area contributed by atoms with Crippen LogP contribution in [0.4, 0.5) is 0 Å². The summed E-state index contributed by atoms with van der Waals surface area (Å²) in [6.07, 6.45) is 9.20. The Balaban J connectivity index is 2.35. The number of aryl methyl sites for hydroxylation is 1. The molecular weight excluding hydrogens is 182 g/mol. The van der Waals surface area contributed by atoms with Crippen LogP contribution in [0.3, 0.4) is 0 Å². The molecule has 0 aliphatic rings. The summed E-state index contributed by atoms with van der Waals surface area (Å²) in [7, 11) is 0. The van der Waals surface area contributed by atoms with E-state index in [9.17, 15) is 0 Å². The zero-order valence-electron chi connectivity index (χ0n) is 8.95. The van der Waals surface area contributed by atoms with Crippen LogP contribution in [0.15, 0.2) is 43.0 Å². The van der Waals surface area contributed by atoms with Crippen LogP contribution in [-0.4, -0.2) is 12.6 Å². The summed E-state index contributed by atoms with van der Waals surface area (Å²) in [6.45, 7) is 4.40. The molecule has 0 fully saturated rings. The Morgan fingerprint density at radius 3 is 2.73 bits per heavy atom. The smallest absolute Gasteiger partial charge is 0.0578 e. The van der Waals surface area contributed by atoms with Crippen molar-refractivity contribution in [2.45, 2.75) is 18.9 Å². The highest BCUT2D eigenvalue weighted by atomic mass is 14.9. The van der Waals surface area contributed by atoms with Gasteiger partial charge in [0.15, 0.2) is 0 Å². The molecule has 15 heavy (non-hydrogen) atoms. The van der Waals surface area contributed by atoms with Gasteiger partial charge in [-0.2, -0.15) is 0 Å². The number of hydrogen-bond acceptors (Lipinski definition) is 1. The van der Waals surface area contributed by atoms with Gasteiger partial charge in [-0.1, -0.05) is 42.3 Å². The van der Waals surface area contributed by atoms with Crippen LogP contribution >= 0.6 is 0 Å². The number of nitrogens with one attached hydrogen (secondary N) is 1. The Morgan fingerprint density at radius 2 is 2.13 bits per heavy atom. The maximum Gasteiger partial charge on any atom is 0.0578 e. The van der Waals surface area contributed by atoms with E-state index < -0.39 is 0 Å². The standard InChI is InChI=1S/C14H17N/c1-3-12-15-14(4-2)11-10-13-8-6-5-7-9-13/h1,4-9,14-15H,2,10-12H2/t14-/m0/s1. The number of hydrogen-bond donors (Lipinski definition) is 1. The molecule has 1 aromatic carbocycles. The second-order valence-corrected chi connectivity index (χ2v) is 3.45. The van der Waals surface area contributed by atoms with Gasteiger partial charge >= 0.3 is 0 Å². The summed E-state index contributed by atoms with van der Waals surface area (Å²) < 4.78 is 0. The summed E-state index contributed by atoms with van der Waals surface area (Å²) in [6, 6.07) is 10.7. The summed E-state index contributed by atoms with van der Waals surface area (Å²) in [5.41, 5.74) is 1.35. The summed E-state index contributed by atoms with van der Waals surface area (Å²) in [4.78, 5) is 0. The van der Waals surface area contributed by atoms with E-state index in [0.717, 1.165) is 12.8 Å². The molecule has 0 aliphatic carbocycles. The predicted molar refractivity (Wildman–Crippen MR) is 65.6 cm³/mol. The van der Waals surface area contributed by atoms with Crippen molar-refractivity contribution in [3.63, 3.8) is 0 Å². The molecule has 0 saturated heterocycles. The van der Waals surface area contributed by atoms with Crippen LogP contribution in [-0.2, 0) is 6.42 Å². The van der Waals surface area contributed by atoms with E-state index in [-0.39, 0.29) is 0 Å². The van der Waals surface area contributed by atoms with Gasteiger partial charge in [-0.05, 0) is 18.4 Å². The molecule has 0 amide bonds. The molecule has 1 nitrogen and oxygen atoms in total. The fraction of sp³-hybridized carbons (Fsp3) is 0.286. The molecule has 1 N–H and O–H groups in total. The molecule has 0 aromatic heterocycles. The third kappa shape index (κ3) is 4.49. The van der Waals surface area contributed by atoms with E-state index in [2.05, 4.69) is 42.1 Å².